The first-order valence-corrected chi connectivity index (χ1v) is 11.7. The summed E-state index contributed by atoms with van der Waals surface area (Å²) in [6, 6.07) is 23.7. The number of hydrogen-bond donors (Lipinski definition) is 2. The molecule has 5 heteroatoms. The van der Waals surface area contributed by atoms with Crippen LogP contribution in [0.4, 0.5) is 5.69 Å². The summed E-state index contributed by atoms with van der Waals surface area (Å²) in [6.07, 6.45) is 7.54. The van der Waals surface area contributed by atoms with Crippen molar-refractivity contribution in [1.29, 1.82) is 0 Å². The summed E-state index contributed by atoms with van der Waals surface area (Å²) in [7, 11) is 0. The van der Waals surface area contributed by atoms with Crippen LogP contribution in [0.5, 0.6) is 0 Å². The molecule has 0 aliphatic carbocycles. The van der Waals surface area contributed by atoms with Crippen LogP contribution in [0.25, 0.3) is 6.08 Å². The Morgan fingerprint density at radius 2 is 1.55 bits per heavy atom. The van der Waals surface area contributed by atoms with E-state index in [0.29, 0.717) is 16.3 Å². The molecule has 0 aromatic heterocycles. The monoisotopic (exact) mass is 460 g/mol. The Kier molecular flexibility index (Phi) is 9.28. The van der Waals surface area contributed by atoms with E-state index in [9.17, 15) is 9.59 Å². The summed E-state index contributed by atoms with van der Waals surface area (Å²) in [5, 5.41) is 6.23. The molecule has 0 aliphatic heterocycles. The van der Waals surface area contributed by atoms with Crippen molar-refractivity contribution in [1.82, 2.24) is 5.32 Å². The van der Waals surface area contributed by atoms with Crippen molar-refractivity contribution in [3.05, 3.63) is 106 Å². The van der Waals surface area contributed by atoms with Crippen molar-refractivity contribution >= 4 is 35.2 Å². The number of amides is 2. The van der Waals surface area contributed by atoms with E-state index in [1.54, 1.807) is 54.6 Å². The SMILES string of the molecule is CCCCCCc1ccc(NC(=O)/C(=C\c2ccc(Cl)cc2)NC(=O)c2ccccc2)cc1. The van der Waals surface area contributed by atoms with E-state index in [1.807, 2.05) is 30.3 Å². The second-order valence-electron chi connectivity index (χ2n) is 7.89. The topological polar surface area (TPSA) is 58.2 Å². The number of nitrogens with one attached hydrogen (secondary N) is 2. The van der Waals surface area contributed by atoms with E-state index in [2.05, 4.69) is 17.6 Å². The van der Waals surface area contributed by atoms with Gasteiger partial charge in [0.25, 0.3) is 11.8 Å². The van der Waals surface area contributed by atoms with Crippen molar-refractivity contribution in [3.63, 3.8) is 0 Å². The van der Waals surface area contributed by atoms with Gasteiger partial charge in [-0.15, -0.1) is 0 Å². The minimum Gasteiger partial charge on any atom is -0.321 e. The normalized spacial score (nSPS) is 11.2. The standard InChI is InChI=1S/C28H29ClN2O2/c1-2-3-4-6-9-21-14-18-25(19-15-21)30-28(33)26(20-22-12-16-24(29)17-13-22)31-27(32)23-10-7-5-8-11-23/h5,7-8,10-20H,2-4,6,9H2,1H3,(H,30,33)(H,31,32)/b26-20+. The Labute approximate surface area is 200 Å². The van der Waals surface area contributed by atoms with E-state index in [1.165, 1.54) is 31.2 Å². The molecular formula is C28H29ClN2O2. The number of anilines is 1. The minimum absolute atomic E-state index is 0.148. The molecule has 2 amide bonds. The van der Waals surface area contributed by atoms with Gasteiger partial charge >= 0.3 is 0 Å². The zero-order valence-electron chi connectivity index (χ0n) is 18.8. The lowest BCUT2D eigenvalue weighted by atomic mass is 10.1. The third-order valence-electron chi connectivity index (χ3n) is 5.24. The predicted molar refractivity (Wildman–Crippen MR) is 136 cm³/mol. The molecule has 0 saturated carbocycles. The number of rotatable bonds is 10. The van der Waals surface area contributed by atoms with E-state index in [0.717, 1.165) is 12.0 Å². The van der Waals surface area contributed by atoms with Crippen LogP contribution in [-0.4, -0.2) is 11.8 Å². The lowest BCUT2D eigenvalue weighted by molar-refractivity contribution is -0.113. The molecule has 0 saturated heterocycles. The Hall–Kier alpha value is -3.37. The average Bonchev–Trinajstić information content (AvgIpc) is 2.84. The highest BCUT2D eigenvalue weighted by atomic mass is 35.5. The quantitative estimate of drug-likeness (QED) is 0.256. The lowest BCUT2D eigenvalue weighted by Crippen LogP contribution is -2.30. The van der Waals surface area contributed by atoms with Gasteiger partial charge in [0.05, 0.1) is 0 Å². The molecule has 3 rings (SSSR count). The third-order valence-corrected chi connectivity index (χ3v) is 5.49. The summed E-state index contributed by atoms with van der Waals surface area (Å²) in [5.41, 5.74) is 3.29. The van der Waals surface area contributed by atoms with Crippen molar-refractivity contribution in [2.75, 3.05) is 5.32 Å². The summed E-state index contributed by atoms with van der Waals surface area (Å²) in [4.78, 5) is 25.8. The second kappa shape index (κ2) is 12.6. The number of aryl methyl sites for hydroxylation is 1. The highest BCUT2D eigenvalue weighted by Crippen LogP contribution is 2.16. The molecular weight excluding hydrogens is 432 g/mol. The van der Waals surface area contributed by atoms with Gasteiger partial charge in [-0.25, -0.2) is 0 Å². The summed E-state index contributed by atoms with van der Waals surface area (Å²) < 4.78 is 0. The lowest BCUT2D eigenvalue weighted by Gasteiger charge is -2.12. The molecule has 0 fully saturated rings. The number of hydrogen-bond acceptors (Lipinski definition) is 2. The smallest absolute Gasteiger partial charge is 0.272 e. The van der Waals surface area contributed by atoms with Gasteiger partial charge in [-0.1, -0.05) is 80.3 Å². The van der Waals surface area contributed by atoms with Gasteiger partial charge in [0, 0.05) is 16.3 Å². The number of halogens is 1. The molecule has 33 heavy (non-hydrogen) atoms. The Bertz CT molecular complexity index is 1080. The summed E-state index contributed by atoms with van der Waals surface area (Å²) >= 11 is 5.97. The number of carbonyl (C=O) groups excluding carboxylic acids is 2. The zero-order valence-corrected chi connectivity index (χ0v) is 19.6. The molecule has 0 aliphatic rings. The molecule has 0 heterocycles. The molecule has 0 radical (unpaired) electrons. The Morgan fingerprint density at radius 3 is 2.21 bits per heavy atom. The van der Waals surface area contributed by atoms with Crippen molar-refractivity contribution in [2.24, 2.45) is 0 Å². The third kappa shape index (κ3) is 7.92. The van der Waals surface area contributed by atoms with Gasteiger partial charge in [0.15, 0.2) is 0 Å². The van der Waals surface area contributed by atoms with Crippen LogP contribution in [-0.2, 0) is 11.2 Å². The van der Waals surface area contributed by atoms with Crippen LogP contribution in [0.15, 0.2) is 84.6 Å². The zero-order chi connectivity index (χ0) is 23.5. The Balaban J connectivity index is 1.73. The first kappa shape index (κ1) is 24.3. The average molecular weight is 461 g/mol. The first-order valence-electron chi connectivity index (χ1n) is 11.3. The molecule has 0 spiro atoms. The number of benzene rings is 3. The maximum atomic E-state index is 13.1. The summed E-state index contributed by atoms with van der Waals surface area (Å²) in [5.74, 6) is -0.752. The number of unbranched alkanes of at least 4 members (excludes halogenated alkanes) is 3. The van der Waals surface area contributed by atoms with Crippen molar-refractivity contribution in [3.8, 4) is 0 Å². The van der Waals surface area contributed by atoms with Gasteiger partial charge in [-0.2, -0.15) is 0 Å². The predicted octanol–water partition coefficient (Wildman–Crippen LogP) is 6.87. The van der Waals surface area contributed by atoms with Crippen LogP contribution in [0.2, 0.25) is 5.02 Å². The largest absolute Gasteiger partial charge is 0.321 e. The van der Waals surface area contributed by atoms with Gasteiger partial charge in [-0.3, -0.25) is 9.59 Å². The van der Waals surface area contributed by atoms with E-state index < -0.39 is 5.91 Å². The van der Waals surface area contributed by atoms with Crippen molar-refractivity contribution in [2.45, 2.75) is 39.0 Å². The fourth-order valence-electron chi connectivity index (χ4n) is 3.38. The molecule has 2 N–H and O–H groups in total. The highest BCUT2D eigenvalue weighted by Gasteiger charge is 2.15. The molecule has 3 aromatic carbocycles. The first-order chi connectivity index (χ1) is 16.0. The van der Waals surface area contributed by atoms with E-state index in [-0.39, 0.29) is 11.6 Å². The van der Waals surface area contributed by atoms with Crippen LogP contribution in [0.3, 0.4) is 0 Å². The fourth-order valence-corrected chi connectivity index (χ4v) is 3.50. The van der Waals surface area contributed by atoms with Crippen LogP contribution >= 0.6 is 11.6 Å². The molecule has 170 valence electrons. The highest BCUT2D eigenvalue weighted by molar-refractivity contribution is 6.30. The maximum absolute atomic E-state index is 13.1. The van der Waals surface area contributed by atoms with Gasteiger partial charge < -0.3 is 10.6 Å². The van der Waals surface area contributed by atoms with Crippen molar-refractivity contribution < 1.29 is 9.59 Å². The molecule has 0 bridgehead atoms. The van der Waals surface area contributed by atoms with E-state index in [4.69, 9.17) is 11.6 Å². The Morgan fingerprint density at radius 1 is 0.848 bits per heavy atom. The molecule has 0 unspecified atom stereocenters. The number of carbonyl (C=O) groups is 2. The van der Waals surface area contributed by atoms with Gasteiger partial charge in [0.2, 0.25) is 0 Å². The van der Waals surface area contributed by atoms with E-state index >= 15 is 0 Å². The molecule has 3 aromatic rings. The van der Waals surface area contributed by atoms with Crippen LogP contribution in [0, 0.1) is 0 Å². The maximum Gasteiger partial charge on any atom is 0.272 e. The molecule has 0 atom stereocenters. The second-order valence-corrected chi connectivity index (χ2v) is 8.33. The van der Waals surface area contributed by atoms with Gasteiger partial charge in [-0.05, 0) is 66.4 Å². The minimum atomic E-state index is -0.398. The summed E-state index contributed by atoms with van der Waals surface area (Å²) in [6.45, 7) is 2.20. The van der Waals surface area contributed by atoms with Gasteiger partial charge in [0.1, 0.15) is 5.70 Å². The molecule has 4 nitrogen and oxygen atoms in total. The van der Waals surface area contributed by atoms with Crippen LogP contribution < -0.4 is 10.6 Å². The van der Waals surface area contributed by atoms with Crippen LogP contribution in [0.1, 0.15) is 54.1 Å². The fraction of sp³-hybridized carbons (Fsp3) is 0.214.